The minimum Gasteiger partial charge on any atom is -0.347 e. The molecule has 1 spiro atoms. The summed E-state index contributed by atoms with van der Waals surface area (Å²) >= 11 is 0. The fourth-order valence-electron chi connectivity index (χ4n) is 3.26. The molecule has 28 heavy (non-hydrogen) atoms. The number of aromatic nitrogens is 2. The van der Waals surface area contributed by atoms with Gasteiger partial charge >= 0.3 is 0 Å². The molecule has 0 atom stereocenters. The molecule has 2 aliphatic heterocycles. The van der Waals surface area contributed by atoms with Crippen LogP contribution in [0.5, 0.6) is 0 Å². The summed E-state index contributed by atoms with van der Waals surface area (Å²) in [6.45, 7) is 2.10. The fraction of sp³-hybridized carbons (Fsp3) is 0.389. The van der Waals surface area contributed by atoms with Crippen molar-refractivity contribution in [3.63, 3.8) is 0 Å². The minimum absolute atomic E-state index is 0.0492. The molecule has 2 aliphatic rings. The van der Waals surface area contributed by atoms with E-state index >= 15 is 0 Å². The lowest BCUT2D eigenvalue weighted by atomic mass is 10.0. The van der Waals surface area contributed by atoms with Gasteiger partial charge in [-0.25, -0.2) is 23.1 Å². The number of ether oxygens (including phenoxy) is 2. The van der Waals surface area contributed by atoms with Crippen LogP contribution in [0.25, 0.3) is 0 Å². The second-order valence-corrected chi connectivity index (χ2v) is 6.54. The number of likely N-dealkylation sites (tertiary alicyclic amines) is 1. The van der Waals surface area contributed by atoms with E-state index in [1.54, 1.807) is 4.90 Å². The number of hydrogen-bond donors (Lipinski definition) is 1. The summed E-state index contributed by atoms with van der Waals surface area (Å²) < 4.78 is 51.3. The number of carbonyl (C=O) groups is 1. The summed E-state index contributed by atoms with van der Waals surface area (Å²) in [4.78, 5) is 22.2. The molecule has 1 N–H and O–H groups in total. The van der Waals surface area contributed by atoms with Crippen molar-refractivity contribution in [2.24, 2.45) is 0 Å². The average molecular weight is 394 g/mol. The third-order valence-electron chi connectivity index (χ3n) is 4.81. The van der Waals surface area contributed by atoms with Gasteiger partial charge in [0.1, 0.15) is 0 Å². The standard InChI is InChI=1S/C18H17F3N4O3/c19-12-1-2-13(15(21)14(12)20)24-17-22-9-11(10-23-17)16(26)25-5-3-18(4-6-25)27-7-8-28-18/h1-2,9-10H,3-8H2,(H,22,23,24). The summed E-state index contributed by atoms with van der Waals surface area (Å²) in [5.74, 6) is -5.11. The smallest absolute Gasteiger partial charge is 0.256 e. The molecule has 2 fully saturated rings. The number of benzene rings is 1. The highest BCUT2D eigenvalue weighted by molar-refractivity contribution is 5.93. The number of anilines is 2. The summed E-state index contributed by atoms with van der Waals surface area (Å²) in [5, 5.41) is 2.46. The van der Waals surface area contributed by atoms with Crippen LogP contribution in [0.1, 0.15) is 23.2 Å². The van der Waals surface area contributed by atoms with Crippen molar-refractivity contribution in [1.82, 2.24) is 14.9 Å². The summed E-state index contributed by atoms with van der Waals surface area (Å²) in [6, 6.07) is 1.83. The lowest BCUT2D eigenvalue weighted by molar-refractivity contribution is -0.181. The Morgan fingerprint density at radius 2 is 1.68 bits per heavy atom. The molecule has 0 radical (unpaired) electrons. The van der Waals surface area contributed by atoms with E-state index < -0.39 is 23.2 Å². The zero-order chi connectivity index (χ0) is 19.7. The minimum atomic E-state index is -1.59. The molecule has 2 aromatic rings. The van der Waals surface area contributed by atoms with Crippen LogP contribution < -0.4 is 5.32 Å². The molecule has 0 aliphatic carbocycles. The van der Waals surface area contributed by atoms with Gasteiger partial charge in [0, 0.05) is 38.3 Å². The largest absolute Gasteiger partial charge is 0.347 e. The van der Waals surface area contributed by atoms with Crippen LogP contribution in [0.2, 0.25) is 0 Å². The Bertz CT molecular complexity index is 878. The highest BCUT2D eigenvalue weighted by Gasteiger charge is 2.40. The first kappa shape index (κ1) is 18.6. The third-order valence-corrected chi connectivity index (χ3v) is 4.81. The maximum Gasteiger partial charge on any atom is 0.256 e. The number of carbonyl (C=O) groups excluding carboxylic acids is 1. The molecule has 0 saturated carbocycles. The molecule has 1 aromatic carbocycles. The van der Waals surface area contributed by atoms with Gasteiger partial charge in [0.15, 0.2) is 23.2 Å². The normalized spacial score (nSPS) is 18.5. The van der Waals surface area contributed by atoms with Crippen LogP contribution in [0.3, 0.4) is 0 Å². The molecule has 148 valence electrons. The summed E-state index contributed by atoms with van der Waals surface area (Å²) in [7, 11) is 0. The first-order valence-electron chi connectivity index (χ1n) is 8.77. The van der Waals surface area contributed by atoms with Gasteiger partial charge in [-0.3, -0.25) is 4.79 Å². The summed E-state index contributed by atoms with van der Waals surface area (Å²) in [5.41, 5.74) is -0.0450. The molecule has 4 rings (SSSR count). The molecule has 3 heterocycles. The maximum atomic E-state index is 13.7. The van der Waals surface area contributed by atoms with E-state index in [4.69, 9.17) is 9.47 Å². The Hall–Kier alpha value is -2.72. The fourth-order valence-corrected chi connectivity index (χ4v) is 3.26. The quantitative estimate of drug-likeness (QED) is 0.807. The highest BCUT2D eigenvalue weighted by Crippen LogP contribution is 2.31. The van der Waals surface area contributed by atoms with Gasteiger partial charge in [-0.15, -0.1) is 0 Å². The molecular weight excluding hydrogens is 377 g/mol. The zero-order valence-corrected chi connectivity index (χ0v) is 14.8. The van der Waals surface area contributed by atoms with Gasteiger partial charge in [0.25, 0.3) is 5.91 Å². The van der Waals surface area contributed by atoms with Gasteiger partial charge in [-0.05, 0) is 12.1 Å². The van der Waals surface area contributed by atoms with E-state index in [0.717, 1.165) is 12.1 Å². The molecule has 1 aromatic heterocycles. The lowest BCUT2D eigenvalue weighted by Gasteiger charge is -2.37. The number of nitrogens with zero attached hydrogens (tertiary/aromatic N) is 3. The number of piperidine rings is 1. The number of hydrogen-bond acceptors (Lipinski definition) is 6. The number of amides is 1. The van der Waals surface area contributed by atoms with Gasteiger partial charge in [0.2, 0.25) is 5.95 Å². The number of nitrogens with one attached hydrogen (secondary N) is 1. The van der Waals surface area contributed by atoms with Gasteiger partial charge in [-0.2, -0.15) is 0 Å². The van der Waals surface area contributed by atoms with Crippen molar-refractivity contribution in [1.29, 1.82) is 0 Å². The third kappa shape index (κ3) is 3.52. The van der Waals surface area contributed by atoms with E-state index in [1.165, 1.54) is 12.4 Å². The van der Waals surface area contributed by atoms with Crippen LogP contribution in [0.15, 0.2) is 24.5 Å². The molecule has 1 amide bonds. The SMILES string of the molecule is O=C(c1cnc(Nc2ccc(F)c(F)c2F)nc1)N1CCC2(CC1)OCCO2. The van der Waals surface area contributed by atoms with Crippen molar-refractivity contribution >= 4 is 17.5 Å². The van der Waals surface area contributed by atoms with Crippen LogP contribution in [-0.4, -0.2) is 52.9 Å². The Morgan fingerprint density at radius 3 is 2.32 bits per heavy atom. The monoisotopic (exact) mass is 394 g/mol. The zero-order valence-electron chi connectivity index (χ0n) is 14.8. The van der Waals surface area contributed by atoms with E-state index in [1.807, 2.05) is 0 Å². The molecule has 0 unspecified atom stereocenters. The maximum absolute atomic E-state index is 13.7. The molecule has 2 saturated heterocycles. The second-order valence-electron chi connectivity index (χ2n) is 6.54. The highest BCUT2D eigenvalue weighted by atomic mass is 19.2. The van der Waals surface area contributed by atoms with Crippen molar-refractivity contribution in [2.75, 3.05) is 31.6 Å². The Balaban J connectivity index is 1.40. The Kier molecular flexibility index (Phi) is 4.90. The Labute approximate surface area is 158 Å². The summed E-state index contributed by atoms with van der Waals surface area (Å²) in [6.07, 6.45) is 3.77. The predicted molar refractivity (Wildman–Crippen MR) is 91.4 cm³/mol. The predicted octanol–water partition coefficient (Wildman–Crippen LogP) is 2.62. The van der Waals surface area contributed by atoms with Gasteiger partial charge in [0.05, 0.1) is 24.5 Å². The average Bonchev–Trinajstić information content (AvgIpc) is 3.17. The van der Waals surface area contributed by atoms with E-state index in [0.29, 0.717) is 39.1 Å². The van der Waals surface area contributed by atoms with Crippen molar-refractivity contribution in [2.45, 2.75) is 18.6 Å². The van der Waals surface area contributed by atoms with Crippen LogP contribution in [0.4, 0.5) is 24.8 Å². The topological polar surface area (TPSA) is 76.6 Å². The molecule has 7 nitrogen and oxygen atoms in total. The first-order valence-corrected chi connectivity index (χ1v) is 8.77. The van der Waals surface area contributed by atoms with Gasteiger partial charge < -0.3 is 19.7 Å². The first-order chi connectivity index (χ1) is 13.5. The van der Waals surface area contributed by atoms with E-state index in [-0.39, 0.29) is 23.1 Å². The molecule has 10 heteroatoms. The van der Waals surface area contributed by atoms with E-state index in [9.17, 15) is 18.0 Å². The van der Waals surface area contributed by atoms with Gasteiger partial charge in [-0.1, -0.05) is 0 Å². The number of halogens is 3. The Morgan fingerprint density at radius 1 is 1.04 bits per heavy atom. The lowest BCUT2D eigenvalue weighted by Crippen LogP contribution is -2.47. The van der Waals surface area contributed by atoms with Crippen molar-refractivity contribution in [3.05, 3.63) is 47.5 Å². The van der Waals surface area contributed by atoms with Crippen LogP contribution in [-0.2, 0) is 9.47 Å². The van der Waals surface area contributed by atoms with Crippen LogP contribution >= 0.6 is 0 Å². The molecule has 0 bridgehead atoms. The van der Waals surface area contributed by atoms with E-state index in [2.05, 4.69) is 15.3 Å². The number of rotatable bonds is 3. The second kappa shape index (κ2) is 7.36. The van der Waals surface area contributed by atoms with Crippen molar-refractivity contribution < 1.29 is 27.4 Å². The van der Waals surface area contributed by atoms with Crippen molar-refractivity contribution in [3.8, 4) is 0 Å². The molecular formula is C18H17F3N4O3. The van der Waals surface area contributed by atoms with Crippen LogP contribution in [0, 0.1) is 17.5 Å².